The fourth-order valence-electron chi connectivity index (χ4n) is 3.55. The van der Waals surface area contributed by atoms with Gasteiger partial charge in [0.25, 0.3) is 0 Å². The van der Waals surface area contributed by atoms with Gasteiger partial charge in [-0.15, -0.1) is 0 Å². The normalized spacial score (nSPS) is 14.0. The zero-order valence-electron chi connectivity index (χ0n) is 14.6. The highest BCUT2D eigenvalue weighted by Gasteiger charge is 2.19. The Morgan fingerprint density at radius 2 is 1.78 bits per heavy atom. The van der Waals surface area contributed by atoms with Crippen LogP contribution in [0.25, 0.3) is 11.1 Å². The first-order valence-electron chi connectivity index (χ1n) is 8.43. The largest absolute Gasteiger partial charge is 0.491 e. The molecule has 0 bridgehead atoms. The van der Waals surface area contributed by atoms with Crippen LogP contribution in [-0.2, 0) is 12.8 Å². The number of fused-ring (bicyclic) bond motifs is 1. The van der Waals surface area contributed by atoms with E-state index in [9.17, 15) is 5.11 Å². The quantitative estimate of drug-likeness (QED) is 0.893. The lowest BCUT2D eigenvalue weighted by molar-refractivity contribution is 0.0284. The molecule has 3 rings (SSSR count). The smallest absolute Gasteiger partial charge is 0.120 e. The Morgan fingerprint density at radius 1 is 1.09 bits per heavy atom. The van der Waals surface area contributed by atoms with Crippen molar-refractivity contribution in [2.24, 2.45) is 0 Å². The van der Waals surface area contributed by atoms with Crippen LogP contribution in [0.4, 0.5) is 0 Å². The summed E-state index contributed by atoms with van der Waals surface area (Å²) in [7, 11) is 0. The molecule has 1 N–H and O–H groups in total. The van der Waals surface area contributed by atoms with Gasteiger partial charge in [-0.25, -0.2) is 0 Å². The average molecular weight is 310 g/mol. The predicted molar refractivity (Wildman–Crippen MR) is 95.2 cm³/mol. The minimum Gasteiger partial charge on any atom is -0.491 e. The van der Waals surface area contributed by atoms with Crippen LogP contribution in [0.1, 0.15) is 42.5 Å². The number of aryl methyl sites for hydroxylation is 3. The summed E-state index contributed by atoms with van der Waals surface area (Å²) in [5.41, 5.74) is 7.38. The highest BCUT2D eigenvalue weighted by atomic mass is 16.5. The van der Waals surface area contributed by atoms with Crippen LogP contribution in [-0.4, -0.2) is 17.3 Å². The fraction of sp³-hybridized carbons (Fsp3) is 0.429. The van der Waals surface area contributed by atoms with Gasteiger partial charge in [-0.1, -0.05) is 18.2 Å². The Bertz CT molecular complexity index is 700. The third kappa shape index (κ3) is 3.42. The van der Waals surface area contributed by atoms with Gasteiger partial charge in [0, 0.05) is 0 Å². The third-order valence-corrected chi connectivity index (χ3v) is 4.51. The molecule has 1 aliphatic carbocycles. The van der Waals surface area contributed by atoms with E-state index in [0.29, 0.717) is 6.61 Å². The van der Waals surface area contributed by atoms with E-state index in [-0.39, 0.29) is 0 Å². The molecule has 0 atom stereocenters. The van der Waals surface area contributed by atoms with Crippen LogP contribution in [0, 0.1) is 13.8 Å². The van der Waals surface area contributed by atoms with E-state index >= 15 is 0 Å². The van der Waals surface area contributed by atoms with Crippen molar-refractivity contribution < 1.29 is 9.84 Å². The van der Waals surface area contributed by atoms with Crippen LogP contribution in [0.5, 0.6) is 5.75 Å². The second-order valence-corrected chi connectivity index (χ2v) is 7.33. The number of hydrogen-bond donors (Lipinski definition) is 1. The van der Waals surface area contributed by atoms with E-state index in [1.165, 1.54) is 52.6 Å². The molecule has 0 saturated carbocycles. The van der Waals surface area contributed by atoms with E-state index in [1.807, 2.05) is 0 Å². The summed E-state index contributed by atoms with van der Waals surface area (Å²) in [4.78, 5) is 0. The van der Waals surface area contributed by atoms with E-state index in [1.54, 1.807) is 13.8 Å². The van der Waals surface area contributed by atoms with Gasteiger partial charge < -0.3 is 9.84 Å². The molecule has 0 unspecified atom stereocenters. The van der Waals surface area contributed by atoms with Gasteiger partial charge >= 0.3 is 0 Å². The van der Waals surface area contributed by atoms with Crippen LogP contribution < -0.4 is 4.74 Å². The highest BCUT2D eigenvalue weighted by Crippen LogP contribution is 2.37. The molecule has 2 nitrogen and oxygen atoms in total. The van der Waals surface area contributed by atoms with E-state index in [0.717, 1.165) is 5.75 Å². The predicted octanol–water partition coefficient (Wildman–Crippen LogP) is 4.61. The first kappa shape index (κ1) is 16.1. The van der Waals surface area contributed by atoms with E-state index < -0.39 is 5.60 Å². The lowest BCUT2D eigenvalue weighted by Crippen LogP contribution is -2.27. The summed E-state index contributed by atoms with van der Waals surface area (Å²) in [5, 5.41) is 9.83. The standard InChI is InChI=1S/C21H26O2/c1-14-11-17(23-13-21(3,4)22)12-15(2)20(14)19-10-6-8-16-7-5-9-18(16)19/h6,8,10-12,22H,5,7,9,13H2,1-4H3. The fourth-order valence-corrected chi connectivity index (χ4v) is 3.55. The van der Waals surface area contributed by atoms with Crippen molar-refractivity contribution in [3.8, 4) is 16.9 Å². The minimum atomic E-state index is -0.819. The topological polar surface area (TPSA) is 29.5 Å². The Morgan fingerprint density at radius 3 is 2.43 bits per heavy atom. The summed E-state index contributed by atoms with van der Waals surface area (Å²) in [5.74, 6) is 0.832. The summed E-state index contributed by atoms with van der Waals surface area (Å²) < 4.78 is 5.77. The van der Waals surface area contributed by atoms with Crippen LogP contribution in [0.15, 0.2) is 30.3 Å². The molecule has 23 heavy (non-hydrogen) atoms. The molecule has 2 aromatic carbocycles. The molecule has 0 amide bonds. The van der Waals surface area contributed by atoms with Crippen LogP contribution in [0.2, 0.25) is 0 Å². The Labute approximate surface area is 139 Å². The molecule has 2 heteroatoms. The maximum atomic E-state index is 9.83. The lowest BCUT2D eigenvalue weighted by Gasteiger charge is -2.20. The van der Waals surface area contributed by atoms with Gasteiger partial charge in [-0.2, -0.15) is 0 Å². The van der Waals surface area contributed by atoms with Crippen LogP contribution in [0.3, 0.4) is 0 Å². The van der Waals surface area contributed by atoms with Gasteiger partial charge in [0.05, 0.1) is 5.60 Å². The summed E-state index contributed by atoms with van der Waals surface area (Å²) in [6.45, 7) is 8.11. The van der Waals surface area contributed by atoms with Gasteiger partial charge in [0.15, 0.2) is 0 Å². The van der Waals surface area contributed by atoms with E-state index in [4.69, 9.17) is 4.74 Å². The molecule has 0 saturated heterocycles. The van der Waals surface area contributed by atoms with Gasteiger partial charge in [0.1, 0.15) is 12.4 Å². The number of rotatable bonds is 4. The monoisotopic (exact) mass is 310 g/mol. The Hall–Kier alpha value is -1.80. The molecule has 2 aromatic rings. The number of benzene rings is 2. The van der Waals surface area contributed by atoms with Crippen molar-refractivity contribution in [3.63, 3.8) is 0 Å². The maximum Gasteiger partial charge on any atom is 0.120 e. The summed E-state index contributed by atoms with van der Waals surface area (Å²) >= 11 is 0. The molecule has 0 aromatic heterocycles. The second-order valence-electron chi connectivity index (χ2n) is 7.33. The Balaban J connectivity index is 1.97. The molecule has 0 heterocycles. The second kappa shape index (κ2) is 6.01. The highest BCUT2D eigenvalue weighted by molar-refractivity contribution is 5.76. The molecule has 0 spiro atoms. The van der Waals surface area contributed by atoms with Gasteiger partial charge in [-0.05, 0) is 92.5 Å². The molecular formula is C21H26O2. The first-order chi connectivity index (χ1) is 10.8. The van der Waals surface area contributed by atoms with Crippen molar-refractivity contribution >= 4 is 0 Å². The summed E-state index contributed by atoms with van der Waals surface area (Å²) in [6, 6.07) is 10.9. The first-order valence-corrected chi connectivity index (χ1v) is 8.43. The Kier molecular flexibility index (Phi) is 4.20. The molecule has 0 fully saturated rings. The number of aliphatic hydroxyl groups is 1. The zero-order chi connectivity index (χ0) is 16.6. The van der Waals surface area contributed by atoms with Crippen LogP contribution >= 0.6 is 0 Å². The van der Waals surface area contributed by atoms with Gasteiger partial charge in [-0.3, -0.25) is 0 Å². The van der Waals surface area contributed by atoms with E-state index in [2.05, 4.69) is 44.2 Å². The van der Waals surface area contributed by atoms with Crippen molar-refractivity contribution in [2.45, 2.75) is 52.6 Å². The van der Waals surface area contributed by atoms with Gasteiger partial charge in [0.2, 0.25) is 0 Å². The van der Waals surface area contributed by atoms with Crippen molar-refractivity contribution in [2.75, 3.05) is 6.61 Å². The molecular weight excluding hydrogens is 284 g/mol. The van der Waals surface area contributed by atoms with Crippen molar-refractivity contribution in [1.82, 2.24) is 0 Å². The zero-order valence-corrected chi connectivity index (χ0v) is 14.6. The molecule has 1 aliphatic rings. The third-order valence-electron chi connectivity index (χ3n) is 4.51. The number of ether oxygens (including phenoxy) is 1. The molecule has 0 radical (unpaired) electrons. The molecule has 122 valence electrons. The summed E-state index contributed by atoms with van der Waals surface area (Å²) in [6.07, 6.45) is 3.65. The average Bonchev–Trinajstić information content (AvgIpc) is 2.93. The number of hydrogen-bond acceptors (Lipinski definition) is 2. The lowest BCUT2D eigenvalue weighted by atomic mass is 9.90. The van der Waals surface area contributed by atoms with Crippen molar-refractivity contribution in [1.29, 1.82) is 0 Å². The maximum absolute atomic E-state index is 9.83. The van der Waals surface area contributed by atoms with Crippen molar-refractivity contribution in [3.05, 3.63) is 52.6 Å². The molecule has 0 aliphatic heterocycles. The minimum absolute atomic E-state index is 0.298. The SMILES string of the molecule is Cc1cc(OCC(C)(C)O)cc(C)c1-c1cccc2c1CCC2.